The lowest BCUT2D eigenvalue weighted by molar-refractivity contribution is -0.140. The number of esters is 1. The molecular formula is C10H15BN3O3. The third-order valence-corrected chi connectivity index (χ3v) is 2.25. The molecule has 0 saturated heterocycles. The van der Waals surface area contributed by atoms with Gasteiger partial charge in [-0.2, -0.15) is 0 Å². The molecule has 6 nitrogen and oxygen atoms in total. The van der Waals surface area contributed by atoms with Crippen LogP contribution in [0, 0.1) is 0 Å². The molecule has 0 spiro atoms. The summed E-state index contributed by atoms with van der Waals surface area (Å²) in [4.78, 5) is 15.4. The zero-order valence-corrected chi connectivity index (χ0v) is 9.63. The molecule has 0 aliphatic heterocycles. The van der Waals surface area contributed by atoms with E-state index in [1.165, 1.54) is 20.8 Å². The van der Waals surface area contributed by atoms with Gasteiger partial charge in [0.05, 0.1) is 31.5 Å². The van der Waals surface area contributed by atoms with Gasteiger partial charge < -0.3 is 20.9 Å². The normalized spacial score (nSPS) is 11.9. The van der Waals surface area contributed by atoms with Gasteiger partial charge in [0.2, 0.25) is 0 Å². The van der Waals surface area contributed by atoms with E-state index >= 15 is 0 Å². The van der Waals surface area contributed by atoms with Crippen molar-refractivity contribution >= 4 is 19.1 Å². The molecule has 0 bridgehead atoms. The molecule has 1 radical (unpaired) electrons. The van der Waals surface area contributed by atoms with Gasteiger partial charge in [-0.3, -0.25) is 9.78 Å². The quantitative estimate of drug-likeness (QED) is 0.400. The molecule has 1 aromatic heterocycles. The maximum Gasteiger partial charge on any atom is 0.309 e. The highest BCUT2D eigenvalue weighted by molar-refractivity contribution is 6.36. The molecule has 1 unspecified atom stereocenters. The van der Waals surface area contributed by atoms with E-state index in [9.17, 15) is 4.79 Å². The lowest BCUT2D eigenvalue weighted by Crippen LogP contribution is -2.23. The summed E-state index contributed by atoms with van der Waals surface area (Å²) >= 11 is 0. The van der Waals surface area contributed by atoms with E-state index in [0.717, 1.165) is 5.56 Å². The third-order valence-electron chi connectivity index (χ3n) is 2.25. The maximum absolute atomic E-state index is 11.5. The molecule has 1 heterocycles. The Bertz CT molecular complexity index is 376. The van der Waals surface area contributed by atoms with Crippen molar-refractivity contribution < 1.29 is 14.2 Å². The predicted molar refractivity (Wildman–Crippen MR) is 64.0 cm³/mol. The first kappa shape index (κ1) is 13.5. The van der Waals surface area contributed by atoms with Crippen molar-refractivity contribution in [1.29, 1.82) is 0 Å². The number of anilines is 1. The molecular weight excluding hydrogens is 221 g/mol. The zero-order chi connectivity index (χ0) is 12.7. The number of nitrogens with zero attached hydrogens (tertiary/aromatic N) is 1. The number of pyridine rings is 1. The summed E-state index contributed by atoms with van der Waals surface area (Å²) in [5, 5.41) is 0. The van der Waals surface area contributed by atoms with Gasteiger partial charge in [-0.25, -0.2) is 0 Å². The number of carbonyl (C=O) groups excluding carboxylic acids is 1. The Hall–Kier alpha value is -1.60. The fraction of sp³-hybridized carbons (Fsp3) is 0.400. The molecule has 17 heavy (non-hydrogen) atoms. The Morgan fingerprint density at radius 2 is 2.41 bits per heavy atom. The maximum atomic E-state index is 11.5. The second-order valence-electron chi connectivity index (χ2n) is 3.38. The molecule has 1 rings (SSSR count). The van der Waals surface area contributed by atoms with Crippen LogP contribution in [-0.4, -0.2) is 32.3 Å². The van der Waals surface area contributed by atoms with Crippen LogP contribution in [0.5, 0.6) is 0 Å². The molecule has 1 aromatic rings. The monoisotopic (exact) mass is 236 g/mol. The van der Waals surface area contributed by atoms with Gasteiger partial charge in [-0.15, -0.1) is 0 Å². The second-order valence-corrected chi connectivity index (χ2v) is 3.38. The molecule has 1 atom stereocenters. The summed E-state index contributed by atoms with van der Waals surface area (Å²) in [6, 6.07) is 1.75. The molecule has 0 aromatic carbocycles. The zero-order valence-electron chi connectivity index (χ0n) is 9.63. The standard InChI is InChI=1S/C10H15BN3O3/c1-16-10(15)8(11-17-6-12)4-7-2-3-14-5-9(7)13/h2-3,5,8H,4,6,12-13H2,1H3. The summed E-state index contributed by atoms with van der Waals surface area (Å²) in [6.45, 7) is 0.0132. The van der Waals surface area contributed by atoms with E-state index in [1.54, 1.807) is 12.3 Å². The highest BCUT2D eigenvalue weighted by atomic mass is 16.5. The lowest BCUT2D eigenvalue weighted by Gasteiger charge is -2.13. The van der Waals surface area contributed by atoms with Crippen molar-refractivity contribution in [2.45, 2.75) is 12.2 Å². The van der Waals surface area contributed by atoms with E-state index in [0.29, 0.717) is 12.1 Å². The number of carbonyl (C=O) groups is 1. The summed E-state index contributed by atoms with van der Waals surface area (Å²) in [7, 11) is 2.69. The van der Waals surface area contributed by atoms with Crippen LogP contribution in [0.25, 0.3) is 0 Å². The first-order valence-corrected chi connectivity index (χ1v) is 5.10. The summed E-state index contributed by atoms with van der Waals surface area (Å²) in [6.07, 6.45) is 3.54. The average molecular weight is 236 g/mol. The number of hydrogen-bond donors (Lipinski definition) is 2. The van der Waals surface area contributed by atoms with Gasteiger partial charge in [-0.05, 0) is 18.1 Å². The van der Waals surface area contributed by atoms with E-state index in [-0.39, 0.29) is 6.73 Å². The summed E-state index contributed by atoms with van der Waals surface area (Å²) in [5.74, 6) is -0.928. The molecule has 4 N–H and O–H groups in total. The Morgan fingerprint density at radius 1 is 1.65 bits per heavy atom. The van der Waals surface area contributed by atoms with Crippen LogP contribution in [0.2, 0.25) is 5.82 Å². The van der Waals surface area contributed by atoms with E-state index < -0.39 is 11.8 Å². The van der Waals surface area contributed by atoms with Crippen LogP contribution in [-0.2, 0) is 20.6 Å². The molecule has 0 aliphatic carbocycles. The fourth-order valence-corrected chi connectivity index (χ4v) is 1.37. The van der Waals surface area contributed by atoms with Crippen LogP contribution in [0.15, 0.2) is 18.5 Å². The van der Waals surface area contributed by atoms with E-state index in [4.69, 9.17) is 16.1 Å². The highest BCUT2D eigenvalue weighted by Gasteiger charge is 2.22. The van der Waals surface area contributed by atoms with Crippen LogP contribution in [0.3, 0.4) is 0 Å². The molecule has 0 aliphatic rings. The number of ether oxygens (including phenoxy) is 1. The fourth-order valence-electron chi connectivity index (χ4n) is 1.37. The first-order valence-electron chi connectivity index (χ1n) is 5.10. The number of aromatic nitrogens is 1. The van der Waals surface area contributed by atoms with Crippen LogP contribution < -0.4 is 11.5 Å². The Balaban J connectivity index is 2.72. The topological polar surface area (TPSA) is 100 Å². The highest BCUT2D eigenvalue weighted by Crippen LogP contribution is 2.19. The average Bonchev–Trinajstić information content (AvgIpc) is 2.35. The Kier molecular flexibility index (Phi) is 5.45. The van der Waals surface area contributed by atoms with Gasteiger partial charge >= 0.3 is 13.5 Å². The molecule has 0 amide bonds. The van der Waals surface area contributed by atoms with Crippen LogP contribution in [0.1, 0.15) is 5.56 Å². The number of methoxy groups -OCH3 is 1. The van der Waals surface area contributed by atoms with Crippen molar-refractivity contribution in [2.75, 3.05) is 19.6 Å². The first-order chi connectivity index (χ1) is 8.19. The van der Waals surface area contributed by atoms with Gasteiger partial charge in [0.25, 0.3) is 0 Å². The SMILES string of the molecule is COC(=O)C([B]OCN)Cc1ccncc1N. The second kappa shape index (κ2) is 6.87. The minimum absolute atomic E-state index is 0.0132. The number of nitrogens with two attached hydrogens (primary N) is 2. The van der Waals surface area contributed by atoms with Crippen LogP contribution in [0.4, 0.5) is 5.69 Å². The molecule has 91 valence electrons. The lowest BCUT2D eigenvalue weighted by atomic mass is 9.76. The number of hydrogen-bond acceptors (Lipinski definition) is 6. The summed E-state index contributed by atoms with van der Waals surface area (Å²) < 4.78 is 9.60. The van der Waals surface area contributed by atoms with E-state index in [2.05, 4.69) is 9.72 Å². The Morgan fingerprint density at radius 3 is 3.00 bits per heavy atom. The van der Waals surface area contributed by atoms with Gasteiger partial charge in [0.15, 0.2) is 0 Å². The third kappa shape index (κ3) is 4.05. The smallest absolute Gasteiger partial charge is 0.309 e. The van der Waals surface area contributed by atoms with Crippen molar-refractivity contribution in [3.8, 4) is 0 Å². The van der Waals surface area contributed by atoms with Gasteiger partial charge in [0, 0.05) is 6.20 Å². The minimum atomic E-state index is -0.534. The van der Waals surface area contributed by atoms with Gasteiger partial charge in [0.1, 0.15) is 0 Å². The van der Waals surface area contributed by atoms with Crippen molar-refractivity contribution in [3.05, 3.63) is 24.0 Å². The number of nitrogen functional groups attached to an aromatic ring is 1. The molecule has 0 saturated carbocycles. The minimum Gasteiger partial charge on any atom is -0.469 e. The predicted octanol–water partition coefficient (Wildman–Crippen LogP) is -0.280. The van der Waals surface area contributed by atoms with Crippen molar-refractivity contribution in [3.63, 3.8) is 0 Å². The van der Waals surface area contributed by atoms with Crippen molar-refractivity contribution in [2.24, 2.45) is 5.73 Å². The molecule has 7 heteroatoms. The summed E-state index contributed by atoms with van der Waals surface area (Å²) in [5.41, 5.74) is 12.3. The van der Waals surface area contributed by atoms with Crippen LogP contribution >= 0.6 is 0 Å². The number of rotatable bonds is 6. The molecule has 0 fully saturated rings. The Labute approximate surface area is 101 Å². The van der Waals surface area contributed by atoms with Crippen molar-refractivity contribution in [1.82, 2.24) is 4.98 Å². The largest absolute Gasteiger partial charge is 0.469 e. The van der Waals surface area contributed by atoms with Gasteiger partial charge in [-0.1, -0.05) is 0 Å². The van der Waals surface area contributed by atoms with E-state index in [1.807, 2.05) is 0 Å².